The van der Waals surface area contributed by atoms with Crippen LogP contribution in [0.1, 0.15) is 41.8 Å². The summed E-state index contributed by atoms with van der Waals surface area (Å²) in [4.78, 5) is 12.3. The SMILES string of the molecule is CCC(C)Oc1ccc(C(=O)NC(=S)Nc2cccc(C)c2C)cc1. The molecule has 0 aliphatic rings. The van der Waals surface area contributed by atoms with Gasteiger partial charge in [0.2, 0.25) is 0 Å². The number of carbonyl (C=O) groups excluding carboxylic acids is 1. The largest absolute Gasteiger partial charge is 0.491 e. The van der Waals surface area contributed by atoms with Gasteiger partial charge in [-0.3, -0.25) is 10.1 Å². The summed E-state index contributed by atoms with van der Waals surface area (Å²) in [5.41, 5.74) is 3.69. The van der Waals surface area contributed by atoms with Crippen molar-refractivity contribution < 1.29 is 9.53 Å². The van der Waals surface area contributed by atoms with Crippen molar-refractivity contribution >= 4 is 28.9 Å². The molecule has 4 nitrogen and oxygen atoms in total. The highest BCUT2D eigenvalue weighted by Gasteiger charge is 2.10. The van der Waals surface area contributed by atoms with Gasteiger partial charge in [-0.05, 0) is 80.9 Å². The molecule has 2 N–H and O–H groups in total. The molecular weight excluding hydrogens is 332 g/mol. The average Bonchev–Trinajstić information content (AvgIpc) is 2.59. The maximum Gasteiger partial charge on any atom is 0.257 e. The number of nitrogens with one attached hydrogen (secondary N) is 2. The molecule has 2 aromatic carbocycles. The van der Waals surface area contributed by atoms with E-state index in [0.717, 1.165) is 29.0 Å². The molecule has 0 saturated carbocycles. The van der Waals surface area contributed by atoms with Crippen LogP contribution in [-0.2, 0) is 0 Å². The van der Waals surface area contributed by atoms with E-state index in [4.69, 9.17) is 17.0 Å². The van der Waals surface area contributed by atoms with Gasteiger partial charge in [-0.15, -0.1) is 0 Å². The van der Waals surface area contributed by atoms with Crippen LogP contribution in [0.4, 0.5) is 5.69 Å². The predicted octanol–water partition coefficient (Wildman–Crippen LogP) is 4.61. The molecule has 0 bridgehead atoms. The monoisotopic (exact) mass is 356 g/mol. The van der Waals surface area contributed by atoms with Crippen LogP contribution in [0.3, 0.4) is 0 Å². The Morgan fingerprint density at radius 1 is 1.16 bits per heavy atom. The Hall–Kier alpha value is -2.40. The topological polar surface area (TPSA) is 50.4 Å². The number of thiocarbonyl (C=S) groups is 1. The Balaban J connectivity index is 1.97. The Bertz CT molecular complexity index is 757. The Labute approximate surface area is 154 Å². The van der Waals surface area contributed by atoms with Gasteiger partial charge in [0.05, 0.1) is 6.10 Å². The molecule has 1 unspecified atom stereocenters. The number of hydrogen-bond acceptors (Lipinski definition) is 3. The first-order chi connectivity index (χ1) is 11.9. The molecule has 0 aliphatic carbocycles. The molecule has 1 atom stereocenters. The van der Waals surface area contributed by atoms with Crippen molar-refractivity contribution in [3.05, 3.63) is 59.2 Å². The Kier molecular flexibility index (Phi) is 6.53. The van der Waals surface area contributed by atoms with Crippen molar-refractivity contribution in [1.29, 1.82) is 0 Å². The molecule has 0 spiro atoms. The summed E-state index contributed by atoms with van der Waals surface area (Å²) in [6, 6.07) is 13.0. The summed E-state index contributed by atoms with van der Waals surface area (Å²) < 4.78 is 5.71. The highest BCUT2D eigenvalue weighted by Crippen LogP contribution is 2.18. The third-order valence-corrected chi connectivity index (χ3v) is 4.31. The van der Waals surface area contributed by atoms with Gasteiger partial charge in [0, 0.05) is 11.3 Å². The van der Waals surface area contributed by atoms with Gasteiger partial charge in [-0.2, -0.15) is 0 Å². The fourth-order valence-corrected chi connectivity index (χ4v) is 2.42. The maximum atomic E-state index is 12.3. The third-order valence-electron chi connectivity index (χ3n) is 4.11. The van der Waals surface area contributed by atoms with E-state index >= 15 is 0 Å². The van der Waals surface area contributed by atoms with Crippen LogP contribution < -0.4 is 15.4 Å². The fraction of sp³-hybridized carbons (Fsp3) is 0.300. The lowest BCUT2D eigenvalue weighted by Crippen LogP contribution is -2.34. The van der Waals surface area contributed by atoms with Crippen molar-refractivity contribution in [2.24, 2.45) is 0 Å². The summed E-state index contributed by atoms with van der Waals surface area (Å²) in [5.74, 6) is 0.500. The molecule has 1 amide bonds. The van der Waals surface area contributed by atoms with E-state index < -0.39 is 0 Å². The number of anilines is 1. The standard InChI is InChI=1S/C20H24N2O2S/c1-5-14(3)24-17-11-9-16(10-12-17)19(23)22-20(25)21-18-8-6-7-13(2)15(18)4/h6-12,14H,5H2,1-4H3,(H2,21,22,23,25). The zero-order chi connectivity index (χ0) is 18.4. The zero-order valence-electron chi connectivity index (χ0n) is 15.1. The quantitative estimate of drug-likeness (QED) is 0.768. The first-order valence-electron chi connectivity index (χ1n) is 8.36. The van der Waals surface area contributed by atoms with E-state index in [9.17, 15) is 4.79 Å². The molecule has 132 valence electrons. The van der Waals surface area contributed by atoms with Crippen molar-refractivity contribution in [1.82, 2.24) is 5.32 Å². The van der Waals surface area contributed by atoms with Crippen LogP contribution in [0.2, 0.25) is 0 Å². The molecular formula is C20H24N2O2S. The number of aryl methyl sites for hydroxylation is 1. The van der Waals surface area contributed by atoms with Gasteiger partial charge in [-0.1, -0.05) is 19.1 Å². The van der Waals surface area contributed by atoms with E-state index in [-0.39, 0.29) is 17.1 Å². The average molecular weight is 356 g/mol. The third kappa shape index (κ3) is 5.29. The molecule has 0 heterocycles. The Morgan fingerprint density at radius 3 is 2.48 bits per heavy atom. The molecule has 2 aromatic rings. The normalized spacial score (nSPS) is 11.5. The van der Waals surface area contributed by atoms with E-state index in [1.54, 1.807) is 24.3 Å². The molecule has 0 aromatic heterocycles. The molecule has 5 heteroatoms. The maximum absolute atomic E-state index is 12.3. The minimum atomic E-state index is -0.252. The number of hydrogen-bond donors (Lipinski definition) is 2. The molecule has 2 rings (SSSR count). The fourth-order valence-electron chi connectivity index (χ4n) is 2.22. The number of amides is 1. The van der Waals surface area contributed by atoms with Gasteiger partial charge < -0.3 is 10.1 Å². The molecule has 0 saturated heterocycles. The number of rotatable bonds is 5. The van der Waals surface area contributed by atoms with Gasteiger partial charge in [0.25, 0.3) is 5.91 Å². The van der Waals surface area contributed by atoms with Crippen LogP contribution in [0.15, 0.2) is 42.5 Å². The highest BCUT2D eigenvalue weighted by atomic mass is 32.1. The first-order valence-corrected chi connectivity index (χ1v) is 8.76. The number of ether oxygens (including phenoxy) is 1. The van der Waals surface area contributed by atoms with Crippen molar-refractivity contribution in [3.63, 3.8) is 0 Å². The second-order valence-electron chi connectivity index (χ2n) is 6.02. The van der Waals surface area contributed by atoms with Crippen LogP contribution in [0.25, 0.3) is 0 Å². The second-order valence-corrected chi connectivity index (χ2v) is 6.43. The van der Waals surface area contributed by atoms with Crippen molar-refractivity contribution in [2.75, 3.05) is 5.32 Å². The summed E-state index contributed by atoms with van der Waals surface area (Å²) in [5, 5.41) is 6.05. The number of benzene rings is 2. The lowest BCUT2D eigenvalue weighted by molar-refractivity contribution is 0.0977. The Morgan fingerprint density at radius 2 is 1.84 bits per heavy atom. The smallest absolute Gasteiger partial charge is 0.257 e. The van der Waals surface area contributed by atoms with E-state index in [1.807, 2.05) is 39.0 Å². The zero-order valence-corrected chi connectivity index (χ0v) is 15.9. The molecule has 25 heavy (non-hydrogen) atoms. The predicted molar refractivity (Wildman–Crippen MR) is 106 cm³/mol. The summed E-state index contributed by atoms with van der Waals surface area (Å²) in [6.45, 7) is 8.12. The summed E-state index contributed by atoms with van der Waals surface area (Å²) in [7, 11) is 0. The van der Waals surface area contributed by atoms with E-state index in [2.05, 4.69) is 17.6 Å². The van der Waals surface area contributed by atoms with Crippen LogP contribution in [-0.4, -0.2) is 17.1 Å². The van der Waals surface area contributed by atoms with E-state index in [1.165, 1.54) is 0 Å². The summed E-state index contributed by atoms with van der Waals surface area (Å²) >= 11 is 5.25. The van der Waals surface area contributed by atoms with Gasteiger partial charge in [0.15, 0.2) is 5.11 Å². The first kappa shape index (κ1) is 18.9. The van der Waals surface area contributed by atoms with Crippen molar-refractivity contribution in [2.45, 2.75) is 40.2 Å². The van der Waals surface area contributed by atoms with E-state index in [0.29, 0.717) is 5.56 Å². The second kappa shape index (κ2) is 8.62. The summed E-state index contributed by atoms with van der Waals surface area (Å²) in [6.07, 6.45) is 1.08. The highest BCUT2D eigenvalue weighted by molar-refractivity contribution is 7.80. The number of carbonyl (C=O) groups is 1. The van der Waals surface area contributed by atoms with Crippen LogP contribution in [0, 0.1) is 13.8 Å². The minimum Gasteiger partial charge on any atom is -0.491 e. The van der Waals surface area contributed by atoms with Crippen LogP contribution >= 0.6 is 12.2 Å². The van der Waals surface area contributed by atoms with Crippen molar-refractivity contribution in [3.8, 4) is 5.75 Å². The minimum absolute atomic E-state index is 0.147. The lowest BCUT2D eigenvalue weighted by atomic mass is 10.1. The van der Waals surface area contributed by atoms with Gasteiger partial charge in [-0.25, -0.2) is 0 Å². The molecule has 0 fully saturated rings. The van der Waals surface area contributed by atoms with Gasteiger partial charge >= 0.3 is 0 Å². The molecule has 0 aliphatic heterocycles. The molecule has 0 radical (unpaired) electrons. The lowest BCUT2D eigenvalue weighted by Gasteiger charge is -2.14. The van der Waals surface area contributed by atoms with Crippen LogP contribution in [0.5, 0.6) is 5.75 Å². The van der Waals surface area contributed by atoms with Gasteiger partial charge in [0.1, 0.15) is 5.75 Å².